The third-order valence-electron chi connectivity index (χ3n) is 4.94. The molecule has 4 rings (SSSR count). The van der Waals surface area contributed by atoms with Gasteiger partial charge in [0.1, 0.15) is 5.82 Å². The molecular formula is C22H22N6O2. The van der Waals surface area contributed by atoms with E-state index in [1.165, 1.54) is 24.2 Å². The van der Waals surface area contributed by atoms with Gasteiger partial charge in [-0.05, 0) is 42.2 Å². The molecule has 152 valence electrons. The van der Waals surface area contributed by atoms with Gasteiger partial charge in [0.25, 0.3) is 5.91 Å². The van der Waals surface area contributed by atoms with Crippen molar-refractivity contribution in [1.82, 2.24) is 9.97 Å². The summed E-state index contributed by atoms with van der Waals surface area (Å²) in [7, 11) is 0. The van der Waals surface area contributed by atoms with Crippen molar-refractivity contribution in [2.75, 3.05) is 16.0 Å². The van der Waals surface area contributed by atoms with E-state index in [9.17, 15) is 9.59 Å². The standard InChI is InChI=1S/C22H22N6O2/c1-13(29)25-15-6-4-7-16(11-15)26-22-24-12-18(20(23)30)21(28-22)27-19-10-9-14-5-2-3-8-17(14)19/h2-8,11-12,19H,9-10H2,1H3,(H2,23,30)(H,25,29)(H2,24,26,27,28)/t19-/m1/s1. The fourth-order valence-corrected chi connectivity index (χ4v) is 3.61. The maximum Gasteiger partial charge on any atom is 0.254 e. The zero-order chi connectivity index (χ0) is 21.1. The van der Waals surface area contributed by atoms with Crippen LogP contribution in [-0.2, 0) is 11.2 Å². The fraction of sp³-hybridized carbons (Fsp3) is 0.182. The van der Waals surface area contributed by atoms with Gasteiger partial charge in [-0.15, -0.1) is 0 Å². The lowest BCUT2D eigenvalue weighted by Gasteiger charge is -2.17. The summed E-state index contributed by atoms with van der Waals surface area (Å²) in [5.41, 5.74) is 9.61. The molecule has 0 aliphatic heterocycles. The number of anilines is 4. The van der Waals surface area contributed by atoms with Crippen LogP contribution in [0.3, 0.4) is 0 Å². The van der Waals surface area contributed by atoms with Gasteiger partial charge in [-0.2, -0.15) is 4.98 Å². The number of nitrogens with zero attached hydrogens (tertiary/aromatic N) is 2. The molecule has 1 heterocycles. The Kier molecular flexibility index (Phi) is 5.30. The molecule has 5 N–H and O–H groups in total. The molecule has 2 amide bonds. The number of fused-ring (bicyclic) bond motifs is 1. The second-order valence-corrected chi connectivity index (χ2v) is 7.14. The summed E-state index contributed by atoms with van der Waals surface area (Å²) in [6.07, 6.45) is 3.29. The van der Waals surface area contributed by atoms with Crippen molar-refractivity contribution >= 4 is 35.0 Å². The van der Waals surface area contributed by atoms with Gasteiger partial charge in [0.15, 0.2) is 0 Å². The number of hydrogen-bond acceptors (Lipinski definition) is 6. The topological polar surface area (TPSA) is 122 Å². The minimum atomic E-state index is -0.594. The van der Waals surface area contributed by atoms with Gasteiger partial charge in [-0.3, -0.25) is 9.59 Å². The van der Waals surface area contributed by atoms with Crippen LogP contribution in [0.2, 0.25) is 0 Å². The van der Waals surface area contributed by atoms with E-state index in [1.54, 1.807) is 18.2 Å². The minimum Gasteiger partial charge on any atom is -0.365 e. The maximum atomic E-state index is 11.9. The first kappa shape index (κ1) is 19.4. The molecule has 0 bridgehead atoms. The van der Waals surface area contributed by atoms with Gasteiger partial charge in [-0.25, -0.2) is 4.98 Å². The Balaban J connectivity index is 1.59. The summed E-state index contributed by atoms with van der Waals surface area (Å²) < 4.78 is 0. The van der Waals surface area contributed by atoms with Gasteiger partial charge in [0.2, 0.25) is 11.9 Å². The molecule has 1 aliphatic rings. The maximum absolute atomic E-state index is 11.9. The van der Waals surface area contributed by atoms with Crippen molar-refractivity contribution in [2.24, 2.45) is 5.73 Å². The van der Waals surface area contributed by atoms with Gasteiger partial charge in [-0.1, -0.05) is 30.3 Å². The first-order valence-corrected chi connectivity index (χ1v) is 9.65. The van der Waals surface area contributed by atoms with E-state index < -0.39 is 5.91 Å². The average Bonchev–Trinajstić information content (AvgIpc) is 3.11. The highest BCUT2D eigenvalue weighted by Crippen LogP contribution is 2.34. The summed E-state index contributed by atoms with van der Waals surface area (Å²) in [4.78, 5) is 31.9. The van der Waals surface area contributed by atoms with Crippen molar-refractivity contribution in [2.45, 2.75) is 25.8 Å². The molecule has 0 spiro atoms. The number of carbonyl (C=O) groups is 2. The van der Waals surface area contributed by atoms with Crippen molar-refractivity contribution in [3.05, 3.63) is 71.4 Å². The average molecular weight is 402 g/mol. The number of nitrogens with two attached hydrogens (primary N) is 1. The Bertz CT molecular complexity index is 1110. The Morgan fingerprint density at radius 2 is 1.90 bits per heavy atom. The van der Waals surface area contributed by atoms with Crippen LogP contribution < -0.4 is 21.7 Å². The van der Waals surface area contributed by atoms with Crippen molar-refractivity contribution < 1.29 is 9.59 Å². The molecule has 0 fully saturated rings. The van der Waals surface area contributed by atoms with Crippen LogP contribution in [0.1, 0.15) is 40.9 Å². The highest BCUT2D eigenvalue weighted by atomic mass is 16.1. The second kappa shape index (κ2) is 8.20. The van der Waals surface area contributed by atoms with Crippen LogP contribution in [0.15, 0.2) is 54.7 Å². The van der Waals surface area contributed by atoms with E-state index in [4.69, 9.17) is 5.73 Å². The third-order valence-corrected chi connectivity index (χ3v) is 4.94. The number of primary amides is 1. The molecule has 30 heavy (non-hydrogen) atoms. The summed E-state index contributed by atoms with van der Waals surface area (Å²) in [6.45, 7) is 1.45. The predicted molar refractivity (Wildman–Crippen MR) is 116 cm³/mol. The zero-order valence-corrected chi connectivity index (χ0v) is 16.5. The quantitative estimate of drug-likeness (QED) is 0.501. The lowest BCUT2D eigenvalue weighted by atomic mass is 10.1. The van der Waals surface area contributed by atoms with Crippen LogP contribution in [0.25, 0.3) is 0 Å². The Hall–Kier alpha value is -3.94. The number of nitrogens with one attached hydrogen (secondary N) is 3. The second-order valence-electron chi connectivity index (χ2n) is 7.14. The number of rotatable bonds is 6. The molecule has 3 aromatic rings. The van der Waals surface area contributed by atoms with E-state index in [-0.39, 0.29) is 17.5 Å². The predicted octanol–water partition coefficient (Wildman–Crippen LogP) is 3.38. The van der Waals surface area contributed by atoms with E-state index in [0.717, 1.165) is 12.8 Å². The number of aryl methyl sites for hydroxylation is 1. The van der Waals surface area contributed by atoms with Crippen molar-refractivity contribution in [1.29, 1.82) is 0 Å². The van der Waals surface area contributed by atoms with Crippen LogP contribution in [0, 0.1) is 0 Å². The molecule has 1 atom stereocenters. The van der Waals surface area contributed by atoms with E-state index in [1.807, 2.05) is 18.2 Å². The molecule has 8 heteroatoms. The van der Waals surface area contributed by atoms with Crippen molar-refractivity contribution in [3.8, 4) is 0 Å². The lowest BCUT2D eigenvalue weighted by molar-refractivity contribution is -0.114. The van der Waals surface area contributed by atoms with Crippen LogP contribution in [0.4, 0.5) is 23.1 Å². The lowest BCUT2D eigenvalue weighted by Crippen LogP contribution is -2.18. The van der Waals surface area contributed by atoms with Gasteiger partial charge < -0.3 is 21.7 Å². The largest absolute Gasteiger partial charge is 0.365 e. The van der Waals surface area contributed by atoms with E-state index >= 15 is 0 Å². The van der Waals surface area contributed by atoms with E-state index in [0.29, 0.717) is 23.1 Å². The highest BCUT2D eigenvalue weighted by Gasteiger charge is 2.24. The Morgan fingerprint density at radius 1 is 1.10 bits per heavy atom. The first-order valence-electron chi connectivity index (χ1n) is 9.65. The highest BCUT2D eigenvalue weighted by molar-refractivity contribution is 5.97. The van der Waals surface area contributed by atoms with Gasteiger partial charge in [0, 0.05) is 24.5 Å². The molecule has 1 aliphatic carbocycles. The Labute approximate surface area is 173 Å². The molecule has 0 radical (unpaired) electrons. The molecule has 0 unspecified atom stereocenters. The van der Waals surface area contributed by atoms with Crippen LogP contribution in [0.5, 0.6) is 0 Å². The number of aromatic nitrogens is 2. The zero-order valence-electron chi connectivity index (χ0n) is 16.5. The van der Waals surface area contributed by atoms with Crippen LogP contribution >= 0.6 is 0 Å². The van der Waals surface area contributed by atoms with Crippen molar-refractivity contribution in [3.63, 3.8) is 0 Å². The summed E-state index contributed by atoms with van der Waals surface area (Å²) in [5, 5.41) is 9.19. The van der Waals surface area contributed by atoms with Gasteiger partial charge >= 0.3 is 0 Å². The number of amides is 2. The number of carbonyl (C=O) groups excluding carboxylic acids is 2. The Morgan fingerprint density at radius 3 is 2.70 bits per heavy atom. The monoisotopic (exact) mass is 402 g/mol. The first-order chi connectivity index (χ1) is 14.5. The summed E-state index contributed by atoms with van der Waals surface area (Å²) in [5.74, 6) is -0.0472. The molecule has 8 nitrogen and oxygen atoms in total. The van der Waals surface area contributed by atoms with Crippen LogP contribution in [-0.4, -0.2) is 21.8 Å². The van der Waals surface area contributed by atoms with E-state index in [2.05, 4.69) is 38.1 Å². The summed E-state index contributed by atoms with van der Waals surface area (Å²) >= 11 is 0. The molecule has 2 aromatic carbocycles. The molecule has 1 aromatic heterocycles. The molecular weight excluding hydrogens is 380 g/mol. The molecule has 0 saturated heterocycles. The number of hydrogen-bond donors (Lipinski definition) is 4. The van der Waals surface area contributed by atoms with Gasteiger partial charge in [0.05, 0.1) is 11.6 Å². The minimum absolute atomic E-state index is 0.0464. The third kappa shape index (κ3) is 4.22. The smallest absolute Gasteiger partial charge is 0.254 e. The fourth-order valence-electron chi connectivity index (χ4n) is 3.61. The molecule has 0 saturated carbocycles. The SMILES string of the molecule is CC(=O)Nc1cccc(Nc2ncc(C(N)=O)c(N[C@@H]3CCc4ccccc43)n2)c1. The summed E-state index contributed by atoms with van der Waals surface area (Å²) in [6, 6.07) is 15.5. The normalized spacial score (nSPS) is 14.6. The number of benzene rings is 2.